The molecule has 0 bridgehead atoms. The fourth-order valence-corrected chi connectivity index (χ4v) is 25.4. The molecule has 2 amide bonds. The van der Waals surface area contributed by atoms with Crippen LogP contribution in [0, 0.1) is 0 Å². The minimum atomic E-state index is -1.77. The highest BCUT2D eigenvalue weighted by Gasteiger charge is 2.46. The highest BCUT2D eigenvalue weighted by Crippen LogP contribution is 2.46. The molecule has 11 nitrogen and oxygen atoms in total. The van der Waals surface area contributed by atoms with Gasteiger partial charge in [0.2, 0.25) is 11.8 Å². The number of esters is 1. The van der Waals surface area contributed by atoms with Crippen molar-refractivity contribution in [1.82, 2.24) is 10.6 Å². The number of ketones is 1. The number of nitrogens with one attached hydrogen (secondary N) is 2. The van der Waals surface area contributed by atoms with E-state index in [1.54, 1.807) is 0 Å². The molecule has 1 aliphatic carbocycles. The SMILES string of the molecule is C.CC(C)[Si](OCCCCCCCCCCCOc1ccc(C(NC(=O)CCC(=O)CNC(=O)CCC(=O)OCC2c3ccccc3-c3ccccc32)c2ccc(OCCCCCCCCCCCO[Si](C(C)C)(C(C)C)C(C)C)cc2)cc1)(C(C)C)C(C)C. The van der Waals surface area contributed by atoms with Gasteiger partial charge in [-0.15, -0.1) is 0 Å². The van der Waals surface area contributed by atoms with Crippen LogP contribution in [-0.2, 0) is 32.8 Å². The molecule has 13 heteroatoms. The quantitative estimate of drug-likeness (QED) is 0.0251. The third-order valence-corrected chi connectivity index (χ3v) is 31.2. The van der Waals surface area contributed by atoms with Crippen molar-refractivity contribution in [2.75, 3.05) is 39.6 Å². The summed E-state index contributed by atoms with van der Waals surface area (Å²) in [5.74, 6) is 0.0322. The van der Waals surface area contributed by atoms with E-state index in [9.17, 15) is 19.2 Å². The zero-order chi connectivity index (χ0) is 64.6. The Kier molecular flexibility index (Phi) is 35.7. The van der Waals surface area contributed by atoms with Gasteiger partial charge in [-0.1, -0.05) is 253 Å². The Morgan fingerprint density at radius 3 is 1.13 bits per heavy atom. The van der Waals surface area contributed by atoms with Crippen molar-refractivity contribution in [2.24, 2.45) is 0 Å². The largest absolute Gasteiger partial charge is 0.494 e. The van der Waals surface area contributed by atoms with Crippen LogP contribution in [0.3, 0.4) is 0 Å². The first kappa shape index (κ1) is 77.4. The third kappa shape index (κ3) is 24.4. The number of rotatable bonds is 47. The molecular formula is C77H122N2O9Si2. The average Bonchev–Trinajstić information content (AvgIpc) is 1.61. The molecule has 0 aliphatic heterocycles. The normalized spacial score (nSPS) is 12.5. The highest BCUT2D eigenvalue weighted by molar-refractivity contribution is 6.78. The van der Waals surface area contributed by atoms with Crippen molar-refractivity contribution in [3.8, 4) is 22.6 Å². The van der Waals surface area contributed by atoms with Crippen LogP contribution in [0.4, 0.5) is 0 Å². The van der Waals surface area contributed by atoms with Gasteiger partial charge in [0.25, 0.3) is 0 Å². The van der Waals surface area contributed by atoms with Crippen molar-refractivity contribution in [3.05, 3.63) is 119 Å². The summed E-state index contributed by atoms with van der Waals surface area (Å²) in [6, 6.07) is 31.6. The summed E-state index contributed by atoms with van der Waals surface area (Å²) in [5, 5.41) is 5.81. The Hall–Kier alpha value is -5.09. The zero-order valence-electron chi connectivity index (χ0n) is 57.3. The van der Waals surface area contributed by atoms with Gasteiger partial charge in [-0.3, -0.25) is 19.2 Å². The number of hydrogen-bond acceptors (Lipinski definition) is 9. The van der Waals surface area contributed by atoms with Crippen LogP contribution in [0.25, 0.3) is 11.1 Å². The zero-order valence-corrected chi connectivity index (χ0v) is 59.3. The number of hydrogen-bond donors (Lipinski definition) is 2. The van der Waals surface area contributed by atoms with Crippen LogP contribution in [0.2, 0.25) is 33.2 Å². The smallest absolute Gasteiger partial charge is 0.306 e. The summed E-state index contributed by atoms with van der Waals surface area (Å²) in [6.45, 7) is 31.4. The summed E-state index contributed by atoms with van der Waals surface area (Å²) >= 11 is 0. The van der Waals surface area contributed by atoms with Gasteiger partial charge >= 0.3 is 5.97 Å². The Bertz CT molecular complexity index is 2480. The second-order valence-corrected chi connectivity index (χ2v) is 38.2. The van der Waals surface area contributed by atoms with Crippen molar-refractivity contribution < 1.29 is 42.2 Å². The van der Waals surface area contributed by atoms with Gasteiger partial charge in [-0.05, 0) is 117 Å². The van der Waals surface area contributed by atoms with Gasteiger partial charge in [0.05, 0.1) is 32.2 Å². The molecular weight excluding hydrogens is 1150 g/mol. The van der Waals surface area contributed by atoms with Gasteiger partial charge in [-0.25, -0.2) is 0 Å². The van der Waals surface area contributed by atoms with E-state index in [1.165, 1.54) is 89.9 Å². The molecule has 1 aliphatic rings. The van der Waals surface area contributed by atoms with Gasteiger partial charge in [-0.2, -0.15) is 0 Å². The predicted octanol–water partition coefficient (Wildman–Crippen LogP) is 20.3. The lowest BCUT2D eigenvalue weighted by atomic mass is 9.98. The molecule has 0 unspecified atom stereocenters. The van der Waals surface area contributed by atoms with Gasteiger partial charge in [0.15, 0.2) is 22.4 Å². The molecule has 4 aromatic carbocycles. The number of Topliss-reactive ketones (excluding diaryl/α,β-unsaturated/α-hetero) is 1. The van der Waals surface area contributed by atoms with E-state index in [2.05, 4.69) is 118 Å². The lowest BCUT2D eigenvalue weighted by molar-refractivity contribution is -0.145. The number of carbonyl (C=O) groups excluding carboxylic acids is 4. The number of fused-ring (bicyclic) bond motifs is 3. The van der Waals surface area contributed by atoms with E-state index in [-0.39, 0.29) is 63.9 Å². The summed E-state index contributed by atoms with van der Waals surface area (Å²) in [5.41, 5.74) is 10.1. The topological polar surface area (TPSA) is 138 Å². The molecule has 4 aromatic rings. The van der Waals surface area contributed by atoms with Crippen LogP contribution >= 0.6 is 0 Å². The number of amides is 2. The number of benzene rings is 4. The average molecular weight is 1280 g/mol. The van der Waals surface area contributed by atoms with Crippen LogP contribution < -0.4 is 20.1 Å². The highest BCUT2D eigenvalue weighted by atomic mass is 28.4. The van der Waals surface area contributed by atoms with Crippen LogP contribution in [0.5, 0.6) is 11.5 Å². The molecule has 0 radical (unpaired) electrons. The van der Waals surface area contributed by atoms with Crippen LogP contribution in [0.15, 0.2) is 97.1 Å². The molecule has 0 fully saturated rings. The van der Waals surface area contributed by atoms with Crippen molar-refractivity contribution >= 4 is 40.2 Å². The predicted molar refractivity (Wildman–Crippen MR) is 379 cm³/mol. The summed E-state index contributed by atoms with van der Waals surface area (Å²) < 4.78 is 31.6. The lowest BCUT2D eigenvalue weighted by Gasteiger charge is -2.42. The fraction of sp³-hybridized carbons (Fsp3) is 0.636. The Morgan fingerprint density at radius 2 is 0.756 bits per heavy atom. The molecule has 0 atom stereocenters. The van der Waals surface area contributed by atoms with Crippen LogP contribution in [0.1, 0.15) is 266 Å². The lowest BCUT2D eigenvalue weighted by Crippen LogP contribution is -2.47. The third-order valence-electron chi connectivity index (χ3n) is 19.0. The maximum atomic E-state index is 13.6. The summed E-state index contributed by atoms with van der Waals surface area (Å²) in [7, 11) is -3.54. The van der Waals surface area contributed by atoms with E-state index in [0.717, 1.165) is 83.8 Å². The van der Waals surface area contributed by atoms with Crippen molar-refractivity contribution in [2.45, 2.75) is 277 Å². The maximum Gasteiger partial charge on any atom is 0.306 e. The Balaban J connectivity index is 0.0000173. The molecule has 0 saturated carbocycles. The van der Waals surface area contributed by atoms with E-state index < -0.39 is 34.6 Å². The summed E-state index contributed by atoms with van der Waals surface area (Å²) in [4.78, 5) is 52.2. The summed E-state index contributed by atoms with van der Waals surface area (Å²) in [6.07, 6.45) is 21.4. The maximum absolute atomic E-state index is 13.6. The first-order chi connectivity index (χ1) is 42.8. The molecule has 0 heterocycles. The first-order valence-corrected chi connectivity index (χ1v) is 39.2. The first-order valence-electron chi connectivity index (χ1n) is 35.0. The Labute approximate surface area is 548 Å². The fourth-order valence-electron chi connectivity index (χ4n) is 14.4. The second kappa shape index (κ2) is 41.5. The van der Waals surface area contributed by atoms with E-state index in [4.69, 9.17) is 23.1 Å². The van der Waals surface area contributed by atoms with Crippen molar-refractivity contribution in [3.63, 3.8) is 0 Å². The monoisotopic (exact) mass is 1270 g/mol. The van der Waals surface area contributed by atoms with Gasteiger partial charge in [0.1, 0.15) is 18.1 Å². The van der Waals surface area contributed by atoms with Gasteiger partial charge in [0, 0.05) is 38.4 Å². The minimum absolute atomic E-state index is 0. The molecule has 502 valence electrons. The van der Waals surface area contributed by atoms with Crippen LogP contribution in [-0.4, -0.2) is 79.8 Å². The standard InChI is InChI=1S/C76H118N2O9Si2.CH4/c1-57(2)88(58(3)4,59(5)6)86-53-33-25-21-17-13-15-19-23-31-51-83-66-44-39-63(40-45-66)76(64-41-46-67(47-42-64)84-52-32-24-20-16-14-18-22-26-34-54-87-89(60(7)8,61(9)10)62(11)12)78-74(81)48-43-65(79)55-77-73(80)49-50-75(82)85-56-72-70-37-29-27-35-68(70)69-36-28-30-38-71(69)72;/h27-30,35-42,44-47,57-62,72,76H,13-26,31-34,43,48-56H2,1-12H3,(H,77,80)(H,78,81);1H4. The molecule has 0 saturated heterocycles. The second-order valence-electron chi connectivity index (χ2n) is 27.3. The van der Waals surface area contributed by atoms with E-state index in [1.807, 2.05) is 72.8 Å². The molecule has 0 spiro atoms. The number of carbonyl (C=O) groups is 4. The molecule has 5 rings (SSSR count). The molecule has 0 aromatic heterocycles. The number of ether oxygens (including phenoxy) is 3. The van der Waals surface area contributed by atoms with Crippen molar-refractivity contribution in [1.29, 1.82) is 0 Å². The molecule has 2 N–H and O–H groups in total. The number of unbranched alkanes of at least 4 members (excludes halogenated alkanes) is 16. The van der Waals surface area contributed by atoms with Gasteiger partial charge < -0.3 is 33.7 Å². The molecule has 90 heavy (non-hydrogen) atoms. The Morgan fingerprint density at radius 1 is 0.411 bits per heavy atom. The van der Waals surface area contributed by atoms with E-state index in [0.29, 0.717) is 46.5 Å². The van der Waals surface area contributed by atoms with E-state index >= 15 is 0 Å². The minimum Gasteiger partial charge on any atom is -0.494 e.